The zero-order valence-corrected chi connectivity index (χ0v) is 15.7. The zero-order chi connectivity index (χ0) is 18.2. The summed E-state index contributed by atoms with van der Waals surface area (Å²) in [7, 11) is 0. The zero-order valence-electron chi connectivity index (χ0n) is 15.7. The lowest BCUT2D eigenvalue weighted by atomic mass is 10.1. The van der Waals surface area contributed by atoms with E-state index in [1.54, 1.807) is 0 Å². The summed E-state index contributed by atoms with van der Waals surface area (Å²) in [5, 5.41) is 9.89. The van der Waals surface area contributed by atoms with Gasteiger partial charge in [0.1, 0.15) is 0 Å². The number of rotatable bonds is 8. The van der Waals surface area contributed by atoms with E-state index in [0.29, 0.717) is 32.2 Å². The Bertz CT molecular complexity index is 521. The third kappa shape index (κ3) is 6.42. The van der Waals surface area contributed by atoms with Gasteiger partial charge in [-0.2, -0.15) is 0 Å². The van der Waals surface area contributed by atoms with Crippen LogP contribution in [0.5, 0.6) is 0 Å². The Labute approximate surface area is 151 Å². The van der Waals surface area contributed by atoms with Gasteiger partial charge >= 0.3 is 0 Å². The number of nitrogens with zero attached hydrogens (tertiary/aromatic N) is 2. The molecule has 0 radical (unpaired) electrons. The van der Waals surface area contributed by atoms with Crippen LogP contribution in [0.4, 0.5) is 0 Å². The number of carbonyl (C=O) groups is 1. The van der Waals surface area contributed by atoms with Crippen LogP contribution in [-0.2, 0) is 4.74 Å². The Balaban J connectivity index is 2.00. The molecule has 1 aromatic rings. The molecule has 0 bridgehead atoms. The van der Waals surface area contributed by atoms with Crippen molar-refractivity contribution in [2.75, 3.05) is 39.3 Å². The normalized spacial score (nSPS) is 19.8. The Morgan fingerprint density at radius 2 is 2.08 bits per heavy atom. The fourth-order valence-electron chi connectivity index (χ4n) is 3.17. The Morgan fingerprint density at radius 1 is 1.36 bits per heavy atom. The molecule has 1 fully saturated rings. The summed E-state index contributed by atoms with van der Waals surface area (Å²) >= 11 is 0. The molecule has 2 rings (SSSR count). The van der Waals surface area contributed by atoms with E-state index >= 15 is 0 Å². The van der Waals surface area contributed by atoms with Crippen molar-refractivity contribution < 1.29 is 14.6 Å². The number of morpholine rings is 1. The number of amides is 1. The number of ether oxygens (including phenoxy) is 1. The van der Waals surface area contributed by atoms with Gasteiger partial charge in [0, 0.05) is 38.3 Å². The number of hydrogen-bond donors (Lipinski definition) is 1. The van der Waals surface area contributed by atoms with E-state index in [1.165, 1.54) is 0 Å². The topological polar surface area (TPSA) is 53.0 Å². The van der Waals surface area contributed by atoms with E-state index in [4.69, 9.17) is 4.74 Å². The summed E-state index contributed by atoms with van der Waals surface area (Å²) in [6, 6.07) is 9.44. The number of benzene rings is 1. The molecule has 25 heavy (non-hydrogen) atoms. The minimum atomic E-state index is -0.295. The predicted molar refractivity (Wildman–Crippen MR) is 99.7 cm³/mol. The Hall–Kier alpha value is -1.43. The molecule has 1 N–H and O–H groups in total. The molecule has 0 aliphatic carbocycles. The van der Waals surface area contributed by atoms with Gasteiger partial charge in [0.15, 0.2) is 0 Å². The summed E-state index contributed by atoms with van der Waals surface area (Å²) in [4.78, 5) is 17.0. The Morgan fingerprint density at radius 3 is 2.72 bits per heavy atom. The van der Waals surface area contributed by atoms with Crippen LogP contribution in [-0.4, -0.2) is 72.4 Å². The summed E-state index contributed by atoms with van der Waals surface area (Å²) in [5.74, 6) is 0.456. The molecule has 0 aromatic heterocycles. The van der Waals surface area contributed by atoms with Gasteiger partial charge < -0.3 is 14.7 Å². The van der Waals surface area contributed by atoms with Crippen molar-refractivity contribution in [3.63, 3.8) is 0 Å². The standard InChI is InChI=1S/C20H32N2O3/c1-4-18(23)13-21-10-11-25-19(14-21)15-22(12-16(2)3)20(24)17-8-6-5-7-9-17/h5-9,16,18-19,23H,4,10-15H2,1-3H3/t18-,19+/m1/s1. The first-order valence-electron chi connectivity index (χ1n) is 9.36. The number of aliphatic hydroxyl groups is 1. The van der Waals surface area contributed by atoms with Crippen molar-refractivity contribution in [2.24, 2.45) is 5.92 Å². The second-order valence-corrected chi connectivity index (χ2v) is 7.28. The molecular weight excluding hydrogens is 316 g/mol. The maximum Gasteiger partial charge on any atom is 0.253 e. The van der Waals surface area contributed by atoms with Gasteiger partial charge in [-0.1, -0.05) is 39.0 Å². The molecule has 5 nitrogen and oxygen atoms in total. The fourth-order valence-corrected chi connectivity index (χ4v) is 3.17. The minimum absolute atomic E-state index is 0.00998. The van der Waals surface area contributed by atoms with Crippen LogP contribution in [0, 0.1) is 5.92 Å². The lowest BCUT2D eigenvalue weighted by Gasteiger charge is -2.37. The molecule has 1 aliphatic rings. The summed E-state index contributed by atoms with van der Waals surface area (Å²) in [6.07, 6.45) is 0.453. The monoisotopic (exact) mass is 348 g/mol. The molecule has 0 unspecified atom stereocenters. The smallest absolute Gasteiger partial charge is 0.253 e. The predicted octanol–water partition coefficient (Wildman–Crippen LogP) is 2.26. The number of hydrogen-bond acceptors (Lipinski definition) is 4. The van der Waals surface area contributed by atoms with Crippen molar-refractivity contribution in [3.05, 3.63) is 35.9 Å². The van der Waals surface area contributed by atoms with Crippen LogP contribution in [0.25, 0.3) is 0 Å². The maximum atomic E-state index is 12.9. The van der Waals surface area contributed by atoms with Crippen LogP contribution in [0.2, 0.25) is 0 Å². The summed E-state index contributed by atoms with van der Waals surface area (Å²) in [5.41, 5.74) is 0.720. The molecule has 1 heterocycles. The highest BCUT2D eigenvalue weighted by molar-refractivity contribution is 5.94. The van der Waals surface area contributed by atoms with E-state index in [2.05, 4.69) is 18.7 Å². The molecule has 0 saturated carbocycles. The molecule has 5 heteroatoms. The summed E-state index contributed by atoms with van der Waals surface area (Å²) < 4.78 is 5.90. The van der Waals surface area contributed by atoms with E-state index in [-0.39, 0.29) is 18.1 Å². The Kier molecular flexibility index (Phi) is 7.88. The molecule has 1 amide bonds. The SMILES string of the molecule is CC[C@@H](O)CN1CCO[C@H](CN(CC(C)C)C(=O)c2ccccc2)C1. The molecule has 1 aliphatic heterocycles. The van der Waals surface area contributed by atoms with Gasteiger partial charge in [0.2, 0.25) is 0 Å². The van der Waals surface area contributed by atoms with Gasteiger partial charge in [-0.25, -0.2) is 0 Å². The first kappa shape index (κ1) is 19.9. The van der Waals surface area contributed by atoms with Gasteiger partial charge in [0.05, 0.1) is 18.8 Å². The molecule has 0 spiro atoms. The highest BCUT2D eigenvalue weighted by Crippen LogP contribution is 2.13. The molecule has 140 valence electrons. The van der Waals surface area contributed by atoms with E-state index in [9.17, 15) is 9.90 Å². The van der Waals surface area contributed by atoms with Crippen LogP contribution < -0.4 is 0 Å². The molecular formula is C20H32N2O3. The average molecular weight is 348 g/mol. The molecule has 2 atom stereocenters. The van der Waals surface area contributed by atoms with E-state index in [1.807, 2.05) is 42.2 Å². The third-order valence-corrected chi connectivity index (χ3v) is 4.48. The van der Waals surface area contributed by atoms with Crippen molar-refractivity contribution in [1.82, 2.24) is 9.80 Å². The van der Waals surface area contributed by atoms with Gasteiger partial charge in [-0.15, -0.1) is 0 Å². The van der Waals surface area contributed by atoms with Crippen molar-refractivity contribution in [3.8, 4) is 0 Å². The van der Waals surface area contributed by atoms with Crippen molar-refractivity contribution in [2.45, 2.75) is 39.4 Å². The third-order valence-electron chi connectivity index (χ3n) is 4.48. The summed E-state index contributed by atoms with van der Waals surface area (Å²) in [6.45, 7) is 10.5. The second kappa shape index (κ2) is 9.90. The van der Waals surface area contributed by atoms with E-state index in [0.717, 1.165) is 25.1 Å². The van der Waals surface area contributed by atoms with Crippen LogP contribution in [0.3, 0.4) is 0 Å². The average Bonchev–Trinajstić information content (AvgIpc) is 2.61. The lowest BCUT2D eigenvalue weighted by Crippen LogP contribution is -2.50. The lowest BCUT2D eigenvalue weighted by molar-refractivity contribution is -0.0513. The number of carbonyl (C=O) groups excluding carboxylic acids is 1. The number of β-amino-alcohol motifs (C(OH)–C–C–N with tert-alkyl or cyclic N) is 1. The van der Waals surface area contributed by atoms with E-state index < -0.39 is 0 Å². The van der Waals surface area contributed by atoms with Crippen LogP contribution in [0.15, 0.2) is 30.3 Å². The maximum absolute atomic E-state index is 12.9. The van der Waals surface area contributed by atoms with Crippen molar-refractivity contribution in [1.29, 1.82) is 0 Å². The largest absolute Gasteiger partial charge is 0.392 e. The second-order valence-electron chi connectivity index (χ2n) is 7.28. The highest BCUT2D eigenvalue weighted by atomic mass is 16.5. The minimum Gasteiger partial charge on any atom is -0.392 e. The van der Waals surface area contributed by atoms with Crippen molar-refractivity contribution >= 4 is 5.91 Å². The van der Waals surface area contributed by atoms with Crippen LogP contribution in [0.1, 0.15) is 37.6 Å². The van der Waals surface area contributed by atoms with Gasteiger partial charge in [-0.05, 0) is 24.5 Å². The molecule has 1 saturated heterocycles. The number of aliphatic hydroxyl groups excluding tert-OH is 1. The highest BCUT2D eigenvalue weighted by Gasteiger charge is 2.26. The van der Waals surface area contributed by atoms with Gasteiger partial charge in [-0.3, -0.25) is 9.69 Å². The van der Waals surface area contributed by atoms with Crippen LogP contribution >= 0.6 is 0 Å². The quantitative estimate of drug-likeness (QED) is 0.783. The fraction of sp³-hybridized carbons (Fsp3) is 0.650. The molecule has 1 aromatic carbocycles. The van der Waals surface area contributed by atoms with Gasteiger partial charge in [0.25, 0.3) is 5.91 Å². The first-order chi connectivity index (χ1) is 12.0. The first-order valence-corrected chi connectivity index (χ1v) is 9.36.